The molecule has 0 bridgehead atoms. The van der Waals surface area contributed by atoms with Crippen molar-refractivity contribution in [3.8, 4) is 0 Å². The molecule has 1 amide bonds. The van der Waals surface area contributed by atoms with Crippen LogP contribution in [0.15, 0.2) is 47.5 Å². The summed E-state index contributed by atoms with van der Waals surface area (Å²) in [4.78, 5) is 16.1. The molecule has 4 N–H and O–H groups in total. The molecule has 2 rings (SSSR count). The van der Waals surface area contributed by atoms with Gasteiger partial charge in [-0.25, -0.2) is 8.42 Å². The third-order valence-electron chi connectivity index (χ3n) is 2.70. The second-order valence-corrected chi connectivity index (χ2v) is 6.34. The van der Waals surface area contributed by atoms with E-state index in [0.717, 1.165) is 6.26 Å². The standard InChI is InChI=1S/C13H14N4O3S/c1-21(19,20)11-4-2-9(3-5-11)16-13(18)12-8-10(17-14)6-7-15-12/h2-8H,14H2,1H3,(H,15,17)(H,16,18). The lowest BCUT2D eigenvalue weighted by Crippen LogP contribution is -2.15. The van der Waals surface area contributed by atoms with E-state index in [4.69, 9.17) is 5.84 Å². The van der Waals surface area contributed by atoms with Crippen molar-refractivity contribution in [3.05, 3.63) is 48.3 Å². The van der Waals surface area contributed by atoms with Gasteiger partial charge in [-0.1, -0.05) is 0 Å². The summed E-state index contributed by atoms with van der Waals surface area (Å²) in [5.74, 6) is 4.85. The molecule has 0 atom stereocenters. The highest BCUT2D eigenvalue weighted by Crippen LogP contribution is 2.15. The molecule has 110 valence electrons. The third-order valence-corrected chi connectivity index (χ3v) is 3.83. The maximum atomic E-state index is 12.0. The smallest absolute Gasteiger partial charge is 0.274 e. The van der Waals surface area contributed by atoms with E-state index in [9.17, 15) is 13.2 Å². The van der Waals surface area contributed by atoms with Crippen LogP contribution in [0.2, 0.25) is 0 Å². The molecule has 0 fully saturated rings. The average Bonchev–Trinajstić information content (AvgIpc) is 2.47. The Kier molecular flexibility index (Phi) is 4.20. The van der Waals surface area contributed by atoms with Crippen LogP contribution in [0.4, 0.5) is 11.4 Å². The van der Waals surface area contributed by atoms with Gasteiger partial charge in [-0.05, 0) is 36.4 Å². The van der Waals surface area contributed by atoms with E-state index in [1.165, 1.54) is 36.5 Å². The van der Waals surface area contributed by atoms with E-state index in [2.05, 4.69) is 15.7 Å². The van der Waals surface area contributed by atoms with Crippen molar-refractivity contribution in [2.45, 2.75) is 4.90 Å². The highest BCUT2D eigenvalue weighted by molar-refractivity contribution is 7.90. The number of sulfone groups is 1. The molecule has 1 aromatic carbocycles. The minimum absolute atomic E-state index is 0.188. The van der Waals surface area contributed by atoms with Crippen LogP contribution in [-0.4, -0.2) is 25.6 Å². The van der Waals surface area contributed by atoms with Gasteiger partial charge in [0.25, 0.3) is 5.91 Å². The molecule has 0 aliphatic rings. The van der Waals surface area contributed by atoms with Gasteiger partial charge >= 0.3 is 0 Å². The molecule has 21 heavy (non-hydrogen) atoms. The molecule has 1 aromatic heterocycles. The molecular formula is C13H14N4O3S. The largest absolute Gasteiger partial charge is 0.324 e. The Morgan fingerprint density at radius 2 is 1.81 bits per heavy atom. The van der Waals surface area contributed by atoms with E-state index in [0.29, 0.717) is 11.4 Å². The van der Waals surface area contributed by atoms with Crippen molar-refractivity contribution in [2.24, 2.45) is 5.84 Å². The quantitative estimate of drug-likeness (QED) is 0.574. The van der Waals surface area contributed by atoms with Gasteiger partial charge < -0.3 is 10.7 Å². The lowest BCUT2D eigenvalue weighted by atomic mass is 10.2. The number of aromatic nitrogens is 1. The Hall–Kier alpha value is -2.45. The third kappa shape index (κ3) is 3.77. The van der Waals surface area contributed by atoms with Gasteiger partial charge in [0, 0.05) is 18.1 Å². The van der Waals surface area contributed by atoms with Crippen molar-refractivity contribution in [3.63, 3.8) is 0 Å². The van der Waals surface area contributed by atoms with Gasteiger partial charge in [0.15, 0.2) is 9.84 Å². The minimum atomic E-state index is -3.26. The van der Waals surface area contributed by atoms with E-state index in [1.54, 1.807) is 6.07 Å². The number of amides is 1. The lowest BCUT2D eigenvalue weighted by molar-refractivity contribution is 0.102. The van der Waals surface area contributed by atoms with Crippen molar-refractivity contribution in [2.75, 3.05) is 17.0 Å². The summed E-state index contributed by atoms with van der Waals surface area (Å²) in [5, 5.41) is 2.62. The van der Waals surface area contributed by atoms with Gasteiger partial charge in [-0.15, -0.1) is 0 Å². The lowest BCUT2D eigenvalue weighted by Gasteiger charge is -2.06. The molecule has 7 nitrogen and oxygen atoms in total. The normalized spacial score (nSPS) is 11.0. The Morgan fingerprint density at radius 1 is 1.14 bits per heavy atom. The first kappa shape index (κ1) is 14.9. The summed E-state index contributed by atoms with van der Waals surface area (Å²) >= 11 is 0. The summed E-state index contributed by atoms with van der Waals surface area (Å²) in [6.45, 7) is 0. The number of carbonyl (C=O) groups is 1. The fourth-order valence-corrected chi connectivity index (χ4v) is 2.26. The molecule has 0 spiro atoms. The van der Waals surface area contributed by atoms with Gasteiger partial charge in [-0.3, -0.25) is 15.6 Å². The highest BCUT2D eigenvalue weighted by atomic mass is 32.2. The molecule has 0 radical (unpaired) electrons. The van der Waals surface area contributed by atoms with Gasteiger partial charge in [0.05, 0.1) is 10.6 Å². The van der Waals surface area contributed by atoms with E-state index in [1.807, 2.05) is 0 Å². The van der Waals surface area contributed by atoms with Crippen molar-refractivity contribution in [1.82, 2.24) is 4.98 Å². The van der Waals surface area contributed by atoms with Gasteiger partial charge in [-0.2, -0.15) is 0 Å². The predicted molar refractivity (Wildman–Crippen MR) is 79.6 cm³/mol. The van der Waals surface area contributed by atoms with Crippen LogP contribution in [0.5, 0.6) is 0 Å². The topological polar surface area (TPSA) is 114 Å². The Bertz CT molecular complexity index is 757. The molecule has 0 saturated heterocycles. The molecule has 8 heteroatoms. The van der Waals surface area contributed by atoms with Crippen molar-refractivity contribution >= 4 is 27.1 Å². The van der Waals surface area contributed by atoms with Gasteiger partial charge in [0.2, 0.25) is 0 Å². The van der Waals surface area contributed by atoms with Crippen LogP contribution >= 0.6 is 0 Å². The highest BCUT2D eigenvalue weighted by Gasteiger charge is 2.10. The number of nitrogens with zero attached hydrogens (tertiary/aromatic N) is 1. The fraction of sp³-hybridized carbons (Fsp3) is 0.0769. The van der Waals surface area contributed by atoms with Crippen LogP contribution in [-0.2, 0) is 9.84 Å². The molecule has 0 aliphatic heterocycles. The first-order valence-corrected chi connectivity index (χ1v) is 7.83. The molecular weight excluding hydrogens is 292 g/mol. The second kappa shape index (κ2) is 5.90. The van der Waals surface area contributed by atoms with Crippen molar-refractivity contribution in [1.29, 1.82) is 0 Å². The average molecular weight is 306 g/mol. The zero-order chi connectivity index (χ0) is 15.5. The number of rotatable bonds is 4. The van der Waals surface area contributed by atoms with E-state index >= 15 is 0 Å². The van der Waals surface area contributed by atoms with Crippen LogP contribution < -0.4 is 16.6 Å². The number of pyridine rings is 1. The number of nitrogens with two attached hydrogens (primary N) is 1. The number of nitrogen functional groups attached to an aromatic ring is 1. The zero-order valence-corrected chi connectivity index (χ0v) is 12.0. The SMILES string of the molecule is CS(=O)(=O)c1ccc(NC(=O)c2cc(NN)ccn2)cc1. The number of hydrogen-bond donors (Lipinski definition) is 3. The number of carbonyl (C=O) groups excluding carboxylic acids is 1. The number of anilines is 2. The summed E-state index contributed by atoms with van der Waals surface area (Å²) < 4.78 is 22.7. The Balaban J connectivity index is 2.16. The number of hydrogen-bond acceptors (Lipinski definition) is 6. The Labute approximate surface area is 122 Å². The monoisotopic (exact) mass is 306 g/mol. The van der Waals surface area contributed by atoms with Gasteiger partial charge in [0.1, 0.15) is 5.69 Å². The molecule has 0 unspecified atom stereocenters. The summed E-state index contributed by atoms with van der Waals surface area (Å²) in [5.41, 5.74) is 3.65. The number of benzene rings is 1. The first-order chi connectivity index (χ1) is 9.90. The molecule has 2 aromatic rings. The second-order valence-electron chi connectivity index (χ2n) is 4.32. The summed E-state index contributed by atoms with van der Waals surface area (Å²) in [7, 11) is -3.26. The predicted octanol–water partition coefficient (Wildman–Crippen LogP) is 1.02. The van der Waals surface area contributed by atoms with E-state index in [-0.39, 0.29) is 10.6 Å². The first-order valence-electron chi connectivity index (χ1n) is 5.94. The molecule has 1 heterocycles. The number of hydrazine groups is 1. The van der Waals surface area contributed by atoms with Crippen LogP contribution in [0, 0.1) is 0 Å². The Morgan fingerprint density at radius 3 is 2.38 bits per heavy atom. The van der Waals surface area contributed by atoms with Crippen molar-refractivity contribution < 1.29 is 13.2 Å². The summed E-state index contributed by atoms with van der Waals surface area (Å²) in [6, 6.07) is 9.00. The zero-order valence-electron chi connectivity index (χ0n) is 11.2. The molecule has 0 aliphatic carbocycles. The van der Waals surface area contributed by atoms with Crippen LogP contribution in [0.3, 0.4) is 0 Å². The van der Waals surface area contributed by atoms with Crippen LogP contribution in [0.25, 0.3) is 0 Å². The molecule has 0 saturated carbocycles. The minimum Gasteiger partial charge on any atom is -0.324 e. The maximum absolute atomic E-state index is 12.0. The maximum Gasteiger partial charge on any atom is 0.274 e. The van der Waals surface area contributed by atoms with E-state index < -0.39 is 15.7 Å². The van der Waals surface area contributed by atoms with Crippen LogP contribution in [0.1, 0.15) is 10.5 Å². The fourth-order valence-electron chi connectivity index (χ4n) is 1.63. The number of nitrogens with one attached hydrogen (secondary N) is 2. The summed E-state index contributed by atoms with van der Waals surface area (Å²) in [6.07, 6.45) is 2.58.